The van der Waals surface area contributed by atoms with Crippen molar-refractivity contribution in [1.29, 1.82) is 0 Å². The molecule has 0 aliphatic rings. The Morgan fingerprint density at radius 1 is 0.367 bits per heavy atom. The van der Waals surface area contributed by atoms with E-state index in [0.29, 0.717) is 45.6 Å². The zero-order valence-electron chi connectivity index (χ0n) is 49.0. The van der Waals surface area contributed by atoms with Crippen molar-refractivity contribution in [2.45, 2.75) is 194 Å². The third-order valence-electron chi connectivity index (χ3n) is 12.8. The average Bonchev–Trinajstić information content (AvgIpc) is 3.42. The summed E-state index contributed by atoms with van der Waals surface area (Å²) in [7, 11) is 0. The fraction of sp³-hybridized carbons (Fsp3) is 0.862. The summed E-state index contributed by atoms with van der Waals surface area (Å²) >= 11 is 0. The minimum Gasteiger partial charge on any atom is -0.480 e. The molecule has 0 aromatic rings. The van der Waals surface area contributed by atoms with Gasteiger partial charge in [-0.3, -0.25) is 33.6 Å². The summed E-state index contributed by atoms with van der Waals surface area (Å²) in [6.45, 7) is 9.74. The summed E-state index contributed by atoms with van der Waals surface area (Å²) in [5.41, 5.74) is 0. The SMILES string of the molecule is CCCCCCCCCCCCCCCCCC(=O)NC(CCC(=O)CCCOCCOCC(=O)NCCOCCOCC(=O)CCCOCCOCC(=O)NCCOCCOCC(=O)NCCCCC(CC)C(C)=O)C(=O)O. The van der Waals surface area contributed by atoms with Gasteiger partial charge in [0.2, 0.25) is 23.6 Å². The first-order valence-electron chi connectivity index (χ1n) is 29.9. The number of ether oxygens (including phenoxy) is 8. The first-order valence-corrected chi connectivity index (χ1v) is 29.9. The first kappa shape index (κ1) is 75.0. The number of Topliss-reactive ketones (excluding diaryl/α,β-unsaturated/α-hetero) is 3. The van der Waals surface area contributed by atoms with Gasteiger partial charge in [0.1, 0.15) is 44.0 Å². The highest BCUT2D eigenvalue weighted by Crippen LogP contribution is 2.15. The Kier molecular flexibility index (Phi) is 54.4. The predicted molar refractivity (Wildman–Crippen MR) is 301 cm³/mol. The van der Waals surface area contributed by atoms with Crippen LogP contribution in [0.2, 0.25) is 0 Å². The molecule has 21 nitrogen and oxygen atoms in total. The fourth-order valence-corrected chi connectivity index (χ4v) is 8.10. The second-order valence-corrected chi connectivity index (χ2v) is 19.9. The number of aliphatic carboxylic acids is 1. The summed E-state index contributed by atoms with van der Waals surface area (Å²) in [6.07, 6.45) is 23.7. The Hall–Kier alpha value is -3.96. The van der Waals surface area contributed by atoms with Gasteiger partial charge in [0.05, 0.1) is 66.1 Å². The van der Waals surface area contributed by atoms with Gasteiger partial charge in [-0.15, -0.1) is 0 Å². The van der Waals surface area contributed by atoms with Crippen LogP contribution in [0.3, 0.4) is 0 Å². The molecule has 0 bridgehead atoms. The zero-order chi connectivity index (χ0) is 58.1. The Morgan fingerprint density at radius 2 is 0.772 bits per heavy atom. The van der Waals surface area contributed by atoms with Crippen LogP contribution in [0.5, 0.6) is 0 Å². The zero-order valence-corrected chi connectivity index (χ0v) is 49.0. The van der Waals surface area contributed by atoms with Gasteiger partial charge in [-0.2, -0.15) is 0 Å². The van der Waals surface area contributed by atoms with Gasteiger partial charge in [-0.1, -0.05) is 110 Å². The molecule has 0 aliphatic heterocycles. The molecule has 0 saturated heterocycles. The van der Waals surface area contributed by atoms with Crippen LogP contribution in [0.4, 0.5) is 0 Å². The van der Waals surface area contributed by atoms with E-state index in [1.165, 1.54) is 70.6 Å². The number of hydrogen-bond donors (Lipinski definition) is 5. The van der Waals surface area contributed by atoms with Crippen molar-refractivity contribution in [3.63, 3.8) is 0 Å². The number of rotatable bonds is 62. The van der Waals surface area contributed by atoms with Crippen molar-refractivity contribution in [3.05, 3.63) is 0 Å². The Morgan fingerprint density at radius 3 is 1.22 bits per heavy atom. The Balaban J connectivity index is 3.57. The van der Waals surface area contributed by atoms with Crippen molar-refractivity contribution in [2.75, 3.05) is 125 Å². The number of carboxylic acid groups (broad SMARTS) is 1. The molecule has 0 aromatic heterocycles. The second kappa shape index (κ2) is 57.3. The molecule has 460 valence electrons. The summed E-state index contributed by atoms with van der Waals surface area (Å²) in [5.74, 6) is -2.09. The lowest BCUT2D eigenvalue weighted by molar-refractivity contribution is -0.142. The number of carbonyl (C=O) groups excluding carboxylic acids is 7. The first-order chi connectivity index (χ1) is 38.4. The number of carbonyl (C=O) groups is 8. The quantitative estimate of drug-likeness (QED) is 0.0403. The van der Waals surface area contributed by atoms with Gasteiger partial charge < -0.3 is 64.3 Å². The molecule has 0 heterocycles. The molecule has 21 heteroatoms. The lowest BCUT2D eigenvalue weighted by atomic mass is 9.95. The van der Waals surface area contributed by atoms with Crippen molar-refractivity contribution < 1.29 is 81.4 Å². The third kappa shape index (κ3) is 54.4. The number of hydrogen-bond acceptors (Lipinski definition) is 16. The van der Waals surface area contributed by atoms with E-state index in [9.17, 15) is 43.5 Å². The molecule has 0 aliphatic carbocycles. The maximum atomic E-state index is 12.4. The van der Waals surface area contributed by atoms with Crippen LogP contribution < -0.4 is 21.3 Å². The summed E-state index contributed by atoms with van der Waals surface area (Å²) in [6, 6.07) is -1.09. The van der Waals surface area contributed by atoms with Gasteiger partial charge in [0, 0.05) is 64.4 Å². The van der Waals surface area contributed by atoms with Crippen LogP contribution in [-0.4, -0.2) is 183 Å². The molecule has 0 rings (SSSR count). The fourth-order valence-electron chi connectivity index (χ4n) is 8.10. The summed E-state index contributed by atoms with van der Waals surface area (Å²) in [5, 5.41) is 20.3. The standard InChI is InChI=1S/C58H106N4O17/c1-4-6-7-8-9-10-11-12-13-14-15-16-17-18-19-27-54(66)62-53(58(70)71)29-28-51(64)25-22-33-72-37-42-77-47-56(68)60-31-35-74-39-41-76-45-52(65)26-23-34-73-38-43-78-48-57(69)61-32-36-75-40-44-79-46-55(67)59-30-21-20-24-50(5-2)49(3)63/h50,53H,4-48H2,1-3H3,(H,59,67)(H,60,68)(H,61,69)(H,62,66)(H,70,71). The minimum atomic E-state index is -1.14. The molecule has 4 amide bonds. The molecular weight excluding hydrogens is 1020 g/mol. The number of ketones is 3. The molecule has 0 spiro atoms. The van der Waals surface area contributed by atoms with Crippen LogP contribution >= 0.6 is 0 Å². The van der Waals surface area contributed by atoms with E-state index >= 15 is 0 Å². The maximum absolute atomic E-state index is 12.4. The molecular formula is C58H106N4O17. The second-order valence-electron chi connectivity index (χ2n) is 19.9. The van der Waals surface area contributed by atoms with Gasteiger partial charge >= 0.3 is 5.97 Å². The van der Waals surface area contributed by atoms with E-state index in [2.05, 4.69) is 28.2 Å². The van der Waals surface area contributed by atoms with Gasteiger partial charge in [0.25, 0.3) is 0 Å². The number of carboxylic acids is 1. The van der Waals surface area contributed by atoms with Crippen LogP contribution in [0.15, 0.2) is 0 Å². The highest BCUT2D eigenvalue weighted by atomic mass is 16.5. The minimum absolute atomic E-state index is 0.0443. The van der Waals surface area contributed by atoms with E-state index in [-0.39, 0.29) is 172 Å². The summed E-state index contributed by atoms with van der Waals surface area (Å²) < 4.78 is 43.1. The lowest BCUT2D eigenvalue weighted by Gasteiger charge is -2.14. The molecule has 0 saturated carbocycles. The van der Waals surface area contributed by atoms with Crippen molar-refractivity contribution in [1.82, 2.24) is 21.3 Å². The smallest absolute Gasteiger partial charge is 0.326 e. The number of amides is 4. The van der Waals surface area contributed by atoms with Crippen LogP contribution in [-0.2, 0) is 76.3 Å². The van der Waals surface area contributed by atoms with E-state index in [4.69, 9.17) is 37.9 Å². The monoisotopic (exact) mass is 1130 g/mol. The van der Waals surface area contributed by atoms with Crippen LogP contribution in [0.1, 0.15) is 188 Å². The van der Waals surface area contributed by atoms with E-state index in [1.54, 1.807) is 6.92 Å². The molecule has 2 unspecified atom stereocenters. The van der Waals surface area contributed by atoms with Gasteiger partial charge in [0.15, 0.2) is 5.78 Å². The molecule has 5 N–H and O–H groups in total. The van der Waals surface area contributed by atoms with E-state index in [1.807, 2.05) is 6.92 Å². The number of nitrogens with one attached hydrogen (secondary N) is 4. The molecule has 0 fully saturated rings. The van der Waals surface area contributed by atoms with Gasteiger partial charge in [-0.05, 0) is 51.9 Å². The van der Waals surface area contributed by atoms with Crippen LogP contribution in [0, 0.1) is 5.92 Å². The van der Waals surface area contributed by atoms with Gasteiger partial charge in [-0.25, -0.2) is 4.79 Å². The Labute approximate surface area is 473 Å². The highest BCUT2D eigenvalue weighted by molar-refractivity contribution is 5.85. The third-order valence-corrected chi connectivity index (χ3v) is 12.8. The number of unbranched alkanes of at least 4 members (excludes halogenated alkanes) is 15. The van der Waals surface area contributed by atoms with E-state index in [0.717, 1.165) is 51.4 Å². The van der Waals surface area contributed by atoms with Crippen molar-refractivity contribution in [3.8, 4) is 0 Å². The van der Waals surface area contributed by atoms with E-state index < -0.39 is 12.0 Å². The molecule has 0 radical (unpaired) electrons. The molecule has 79 heavy (non-hydrogen) atoms. The normalized spacial score (nSPS) is 12.0. The van der Waals surface area contributed by atoms with Crippen molar-refractivity contribution in [2.24, 2.45) is 5.92 Å². The largest absolute Gasteiger partial charge is 0.480 e. The topological polar surface area (TPSA) is 279 Å². The maximum Gasteiger partial charge on any atom is 0.326 e. The average molecular weight is 1130 g/mol. The van der Waals surface area contributed by atoms with Crippen molar-refractivity contribution >= 4 is 46.9 Å². The highest BCUT2D eigenvalue weighted by Gasteiger charge is 2.21. The Bertz CT molecular complexity index is 1560. The molecule has 2 atom stereocenters. The predicted octanol–water partition coefficient (Wildman–Crippen LogP) is 6.56. The van der Waals surface area contributed by atoms with Crippen LogP contribution in [0.25, 0.3) is 0 Å². The summed E-state index contributed by atoms with van der Waals surface area (Å²) in [4.78, 5) is 95.8. The molecule has 0 aromatic carbocycles. The lowest BCUT2D eigenvalue weighted by Crippen LogP contribution is -2.41.